The Kier molecular flexibility index (Phi) is 6.49. The molecule has 0 unspecified atom stereocenters. The van der Waals surface area contributed by atoms with Gasteiger partial charge in [0.2, 0.25) is 0 Å². The lowest BCUT2D eigenvalue weighted by atomic mass is 9.73. The third-order valence-electron chi connectivity index (χ3n) is 7.07. The van der Waals surface area contributed by atoms with Crippen LogP contribution in [0.3, 0.4) is 0 Å². The van der Waals surface area contributed by atoms with Crippen LogP contribution < -0.4 is 11.2 Å². The Bertz CT molecular complexity index is 1270. The lowest BCUT2D eigenvalue weighted by Gasteiger charge is -2.50. The van der Waals surface area contributed by atoms with Crippen LogP contribution in [0.4, 0.5) is 0 Å². The molecule has 0 radical (unpaired) electrons. The van der Waals surface area contributed by atoms with Gasteiger partial charge in [0.1, 0.15) is 0 Å². The largest absolute Gasteiger partial charge is 0.396 e. The SMILES string of the molecule is O=c1ccn([C@@H]2C[C@H](CO)CN(C(c3ccccc3)(c3ccccc3)c3ccccc3)C2)c(=O)[nH]1. The second kappa shape index (κ2) is 9.86. The number of nitrogens with zero attached hydrogens (tertiary/aromatic N) is 2. The molecule has 2 atom stereocenters. The Morgan fingerprint density at radius 2 is 1.29 bits per heavy atom. The van der Waals surface area contributed by atoms with Crippen molar-refractivity contribution in [3.05, 3.63) is 141 Å². The molecular weight excluding hydrogens is 438 g/mol. The second-order valence-electron chi connectivity index (χ2n) is 9.17. The minimum Gasteiger partial charge on any atom is -0.396 e. The summed E-state index contributed by atoms with van der Waals surface area (Å²) < 4.78 is 1.60. The first kappa shape index (κ1) is 23.0. The summed E-state index contributed by atoms with van der Waals surface area (Å²) in [7, 11) is 0. The summed E-state index contributed by atoms with van der Waals surface area (Å²) in [5.74, 6) is -0.0388. The minimum atomic E-state index is -0.637. The Hall–Kier alpha value is -3.74. The molecule has 1 aliphatic heterocycles. The first-order valence-corrected chi connectivity index (χ1v) is 12.0. The second-order valence-corrected chi connectivity index (χ2v) is 9.17. The van der Waals surface area contributed by atoms with Crippen LogP contribution >= 0.6 is 0 Å². The smallest absolute Gasteiger partial charge is 0.328 e. The average molecular weight is 468 g/mol. The lowest BCUT2D eigenvalue weighted by molar-refractivity contribution is 0.0374. The molecule has 1 aromatic heterocycles. The predicted molar refractivity (Wildman–Crippen MR) is 136 cm³/mol. The van der Waals surface area contributed by atoms with E-state index in [0.717, 1.165) is 16.7 Å². The summed E-state index contributed by atoms with van der Waals surface area (Å²) in [6, 6.07) is 32.4. The van der Waals surface area contributed by atoms with E-state index in [9.17, 15) is 14.7 Å². The molecule has 0 bridgehead atoms. The van der Waals surface area contributed by atoms with Crippen molar-refractivity contribution in [2.75, 3.05) is 19.7 Å². The molecule has 6 heteroatoms. The number of aliphatic hydroxyl groups is 1. The average Bonchev–Trinajstić information content (AvgIpc) is 2.91. The predicted octanol–water partition coefficient (Wildman–Crippen LogP) is 3.38. The molecule has 0 amide bonds. The zero-order chi connectivity index (χ0) is 24.3. The fraction of sp³-hybridized carbons (Fsp3) is 0.241. The molecule has 1 aliphatic rings. The highest BCUT2D eigenvalue weighted by Gasteiger charge is 2.45. The van der Waals surface area contributed by atoms with E-state index in [1.165, 1.54) is 6.07 Å². The zero-order valence-electron chi connectivity index (χ0n) is 19.5. The van der Waals surface area contributed by atoms with Crippen LogP contribution in [-0.4, -0.2) is 39.3 Å². The Morgan fingerprint density at radius 3 is 1.74 bits per heavy atom. The van der Waals surface area contributed by atoms with Crippen molar-refractivity contribution in [3.8, 4) is 0 Å². The van der Waals surface area contributed by atoms with Crippen molar-refractivity contribution >= 4 is 0 Å². The van der Waals surface area contributed by atoms with E-state index in [1.54, 1.807) is 10.8 Å². The lowest BCUT2D eigenvalue weighted by Crippen LogP contribution is -2.55. The van der Waals surface area contributed by atoms with E-state index >= 15 is 0 Å². The van der Waals surface area contributed by atoms with Crippen LogP contribution in [0.5, 0.6) is 0 Å². The highest BCUT2D eigenvalue weighted by molar-refractivity contribution is 5.49. The Balaban J connectivity index is 1.74. The minimum absolute atomic E-state index is 0.0134. The fourth-order valence-corrected chi connectivity index (χ4v) is 5.58. The molecular formula is C29H29N3O3. The molecule has 5 rings (SSSR count). The van der Waals surface area contributed by atoms with Gasteiger partial charge in [-0.05, 0) is 29.0 Å². The van der Waals surface area contributed by atoms with Gasteiger partial charge in [0, 0.05) is 32.0 Å². The summed E-state index contributed by atoms with van der Waals surface area (Å²) in [4.78, 5) is 29.2. The first-order chi connectivity index (χ1) is 17.1. The molecule has 0 spiro atoms. The zero-order valence-corrected chi connectivity index (χ0v) is 19.5. The van der Waals surface area contributed by atoms with Crippen molar-refractivity contribution < 1.29 is 5.11 Å². The van der Waals surface area contributed by atoms with Gasteiger partial charge in [-0.3, -0.25) is 19.2 Å². The number of aromatic amines is 1. The summed E-state index contributed by atoms with van der Waals surface area (Å²) in [5.41, 5.74) is 1.87. The van der Waals surface area contributed by atoms with Gasteiger partial charge in [0.15, 0.2) is 0 Å². The van der Waals surface area contributed by atoms with Crippen LogP contribution in [0.2, 0.25) is 0 Å². The number of benzene rings is 3. The third-order valence-corrected chi connectivity index (χ3v) is 7.07. The topological polar surface area (TPSA) is 78.3 Å². The summed E-state index contributed by atoms with van der Waals surface area (Å²) >= 11 is 0. The van der Waals surface area contributed by atoms with Gasteiger partial charge < -0.3 is 5.11 Å². The molecule has 35 heavy (non-hydrogen) atoms. The van der Waals surface area contributed by atoms with Gasteiger partial charge in [-0.1, -0.05) is 91.0 Å². The van der Waals surface area contributed by atoms with E-state index in [0.29, 0.717) is 19.5 Å². The maximum absolute atomic E-state index is 12.7. The summed E-state index contributed by atoms with van der Waals surface area (Å²) in [6.07, 6.45) is 2.21. The number of H-pyrrole nitrogens is 1. The molecule has 0 saturated carbocycles. The van der Waals surface area contributed by atoms with Crippen molar-refractivity contribution in [2.24, 2.45) is 5.92 Å². The monoisotopic (exact) mass is 467 g/mol. The number of hydrogen-bond acceptors (Lipinski definition) is 4. The van der Waals surface area contributed by atoms with Gasteiger partial charge in [-0.25, -0.2) is 4.79 Å². The molecule has 4 aromatic rings. The van der Waals surface area contributed by atoms with Gasteiger partial charge >= 0.3 is 5.69 Å². The van der Waals surface area contributed by atoms with Gasteiger partial charge in [0.05, 0.1) is 11.6 Å². The van der Waals surface area contributed by atoms with Crippen LogP contribution in [-0.2, 0) is 5.54 Å². The standard InChI is InChI=1S/C29H29N3O3/c33-21-22-18-26(32-17-16-27(34)30-28(32)35)20-31(19-22)29(23-10-4-1-5-11-23,24-12-6-2-7-13-24)25-14-8-3-9-15-25/h1-17,22,26,33H,18-21H2,(H,30,34,35)/t22-,26+/m0/s1. The van der Waals surface area contributed by atoms with Crippen LogP contribution in [0.15, 0.2) is 113 Å². The molecule has 1 saturated heterocycles. The number of nitrogens with one attached hydrogen (secondary N) is 1. The van der Waals surface area contributed by atoms with Gasteiger partial charge in [-0.2, -0.15) is 0 Å². The number of aliphatic hydroxyl groups excluding tert-OH is 1. The third kappa shape index (κ3) is 4.27. The number of aromatic nitrogens is 2. The van der Waals surface area contributed by atoms with E-state index < -0.39 is 16.8 Å². The fourth-order valence-electron chi connectivity index (χ4n) is 5.58. The van der Waals surface area contributed by atoms with Crippen molar-refractivity contribution in [3.63, 3.8) is 0 Å². The first-order valence-electron chi connectivity index (χ1n) is 12.0. The van der Waals surface area contributed by atoms with Gasteiger partial charge in [-0.15, -0.1) is 0 Å². The molecule has 2 heterocycles. The van der Waals surface area contributed by atoms with Crippen LogP contribution in [0, 0.1) is 5.92 Å². The Morgan fingerprint density at radius 1 is 0.771 bits per heavy atom. The Labute approximate surface area is 204 Å². The number of rotatable bonds is 6. The highest BCUT2D eigenvalue weighted by Crippen LogP contribution is 2.45. The number of hydrogen-bond donors (Lipinski definition) is 2. The number of piperidine rings is 1. The normalized spacial score (nSPS) is 18.9. The molecule has 0 aliphatic carbocycles. The summed E-state index contributed by atoms with van der Waals surface area (Å²) in [5, 5.41) is 10.3. The number of likely N-dealkylation sites (tertiary alicyclic amines) is 1. The quantitative estimate of drug-likeness (QED) is 0.426. The maximum atomic E-state index is 12.7. The van der Waals surface area contributed by atoms with E-state index in [-0.39, 0.29) is 18.6 Å². The van der Waals surface area contributed by atoms with Crippen LogP contribution in [0.25, 0.3) is 0 Å². The van der Waals surface area contributed by atoms with E-state index in [2.05, 4.69) is 46.3 Å². The van der Waals surface area contributed by atoms with Crippen LogP contribution in [0.1, 0.15) is 29.2 Å². The molecule has 178 valence electrons. The highest BCUT2D eigenvalue weighted by atomic mass is 16.3. The molecule has 3 aromatic carbocycles. The van der Waals surface area contributed by atoms with E-state index in [4.69, 9.17) is 0 Å². The molecule has 6 nitrogen and oxygen atoms in total. The van der Waals surface area contributed by atoms with Crippen molar-refractivity contribution in [1.29, 1.82) is 0 Å². The summed E-state index contributed by atoms with van der Waals surface area (Å²) in [6.45, 7) is 1.24. The van der Waals surface area contributed by atoms with E-state index in [1.807, 2.05) is 54.6 Å². The van der Waals surface area contributed by atoms with Crippen molar-refractivity contribution in [2.45, 2.75) is 18.0 Å². The maximum Gasteiger partial charge on any atom is 0.328 e. The van der Waals surface area contributed by atoms with Crippen molar-refractivity contribution in [1.82, 2.24) is 14.5 Å². The molecule has 1 fully saturated rings. The molecule has 2 N–H and O–H groups in total. The van der Waals surface area contributed by atoms with Gasteiger partial charge in [0.25, 0.3) is 5.56 Å².